The lowest BCUT2D eigenvalue weighted by molar-refractivity contribution is -0.139. The number of benzene rings is 4. The first-order valence-electron chi connectivity index (χ1n) is 13.8. The van der Waals surface area contributed by atoms with Crippen LogP contribution in [0.15, 0.2) is 102 Å². The molecule has 0 aliphatic rings. The summed E-state index contributed by atoms with van der Waals surface area (Å²) in [6.45, 7) is 1.24. The second-order valence-corrected chi connectivity index (χ2v) is 12.8. The number of carbonyl (C=O) groups is 2. The number of halogens is 2. The molecule has 11 heteroatoms. The predicted octanol–water partition coefficient (Wildman–Crippen LogP) is 5.89. The summed E-state index contributed by atoms with van der Waals surface area (Å²) < 4.78 is 34.4. The van der Waals surface area contributed by atoms with Crippen LogP contribution >= 0.6 is 23.2 Å². The van der Waals surface area contributed by atoms with Gasteiger partial charge < -0.3 is 15.0 Å². The van der Waals surface area contributed by atoms with E-state index in [1.165, 1.54) is 31.2 Å². The molecule has 0 aliphatic heterocycles. The molecule has 0 radical (unpaired) electrons. The van der Waals surface area contributed by atoms with Gasteiger partial charge in [-0.15, -0.1) is 0 Å². The molecular formula is C33H33Cl2N3O5S. The molecule has 230 valence electrons. The van der Waals surface area contributed by atoms with Crippen LogP contribution in [0.5, 0.6) is 5.75 Å². The molecule has 2 amide bonds. The Hall–Kier alpha value is -4.05. The Morgan fingerprint density at radius 2 is 1.57 bits per heavy atom. The first kappa shape index (κ1) is 32.9. The van der Waals surface area contributed by atoms with Crippen molar-refractivity contribution in [1.82, 2.24) is 10.2 Å². The molecule has 0 spiro atoms. The van der Waals surface area contributed by atoms with E-state index in [0.29, 0.717) is 27.0 Å². The minimum atomic E-state index is -4.23. The second kappa shape index (κ2) is 14.6. The third-order valence-electron chi connectivity index (χ3n) is 7.12. The Morgan fingerprint density at radius 1 is 0.909 bits per heavy atom. The third-order valence-corrected chi connectivity index (χ3v) is 9.50. The molecule has 0 aliphatic carbocycles. The van der Waals surface area contributed by atoms with Gasteiger partial charge in [-0.1, -0.05) is 77.3 Å². The Morgan fingerprint density at radius 3 is 2.16 bits per heavy atom. The quantitative estimate of drug-likeness (QED) is 0.206. The van der Waals surface area contributed by atoms with Crippen molar-refractivity contribution in [2.24, 2.45) is 0 Å². The van der Waals surface area contributed by atoms with E-state index in [-0.39, 0.29) is 17.9 Å². The summed E-state index contributed by atoms with van der Waals surface area (Å²) in [6.07, 6.45) is 0.188. The topological polar surface area (TPSA) is 96.0 Å². The summed E-state index contributed by atoms with van der Waals surface area (Å²) in [6, 6.07) is 25.9. The second-order valence-electron chi connectivity index (χ2n) is 10.1. The molecule has 8 nitrogen and oxygen atoms in total. The van der Waals surface area contributed by atoms with Crippen molar-refractivity contribution in [3.63, 3.8) is 0 Å². The van der Waals surface area contributed by atoms with Crippen molar-refractivity contribution in [3.05, 3.63) is 124 Å². The van der Waals surface area contributed by atoms with Crippen LogP contribution in [0.1, 0.15) is 16.7 Å². The smallest absolute Gasteiger partial charge is 0.264 e. The minimum absolute atomic E-state index is 0.0221. The average Bonchev–Trinajstić information content (AvgIpc) is 3.03. The van der Waals surface area contributed by atoms with E-state index >= 15 is 0 Å². The molecule has 4 aromatic carbocycles. The van der Waals surface area contributed by atoms with Gasteiger partial charge in [0.05, 0.1) is 17.7 Å². The number of anilines is 1. The highest BCUT2D eigenvalue weighted by molar-refractivity contribution is 7.92. The maximum absolute atomic E-state index is 14.4. The molecule has 0 unspecified atom stereocenters. The lowest BCUT2D eigenvalue weighted by atomic mass is 10.0. The molecule has 1 N–H and O–H groups in total. The van der Waals surface area contributed by atoms with E-state index in [1.807, 2.05) is 37.3 Å². The van der Waals surface area contributed by atoms with Crippen LogP contribution in [0.25, 0.3) is 0 Å². The Labute approximate surface area is 268 Å². The highest BCUT2D eigenvalue weighted by atomic mass is 35.5. The normalized spacial score (nSPS) is 11.8. The van der Waals surface area contributed by atoms with Gasteiger partial charge in [-0.25, -0.2) is 8.42 Å². The third kappa shape index (κ3) is 7.91. The van der Waals surface area contributed by atoms with E-state index in [0.717, 1.165) is 15.4 Å². The maximum Gasteiger partial charge on any atom is 0.264 e. The van der Waals surface area contributed by atoms with Gasteiger partial charge in [0.15, 0.2) is 0 Å². The van der Waals surface area contributed by atoms with Crippen molar-refractivity contribution in [2.45, 2.75) is 30.8 Å². The van der Waals surface area contributed by atoms with Crippen LogP contribution in [-0.4, -0.2) is 51.9 Å². The summed E-state index contributed by atoms with van der Waals surface area (Å²) in [7, 11) is -1.25. The number of likely N-dealkylation sites (N-methyl/N-ethyl adjacent to an activating group) is 1. The number of methoxy groups -OCH3 is 1. The van der Waals surface area contributed by atoms with Crippen LogP contribution in [0.2, 0.25) is 10.0 Å². The largest absolute Gasteiger partial charge is 0.497 e. The Kier molecular flexibility index (Phi) is 10.9. The number of nitrogens with zero attached hydrogens (tertiary/aromatic N) is 2. The van der Waals surface area contributed by atoms with Gasteiger partial charge in [-0.2, -0.15) is 0 Å². The summed E-state index contributed by atoms with van der Waals surface area (Å²) in [5, 5.41) is 3.39. The molecule has 1 atom stereocenters. The van der Waals surface area contributed by atoms with Gasteiger partial charge in [0.25, 0.3) is 10.0 Å². The molecule has 4 rings (SSSR count). The monoisotopic (exact) mass is 653 g/mol. The number of hydrogen-bond acceptors (Lipinski definition) is 5. The van der Waals surface area contributed by atoms with Gasteiger partial charge in [-0.05, 0) is 66.6 Å². The van der Waals surface area contributed by atoms with Crippen molar-refractivity contribution in [1.29, 1.82) is 0 Å². The fourth-order valence-corrected chi connectivity index (χ4v) is 6.55. The SMILES string of the molecule is CNC(=O)[C@@H](Cc1ccccc1)N(Cc1ccc(Cl)cc1Cl)C(=O)CN(c1ccc(C)cc1)S(=O)(=O)c1ccc(OC)cc1. The number of ether oxygens (including phenoxy) is 1. The maximum atomic E-state index is 14.4. The number of nitrogens with one attached hydrogen (secondary N) is 1. The Balaban J connectivity index is 1.80. The highest BCUT2D eigenvalue weighted by Crippen LogP contribution is 2.28. The number of sulfonamides is 1. The van der Waals surface area contributed by atoms with Crippen molar-refractivity contribution < 1.29 is 22.7 Å². The van der Waals surface area contributed by atoms with Crippen LogP contribution in [-0.2, 0) is 32.6 Å². The zero-order valence-corrected chi connectivity index (χ0v) is 26.9. The van der Waals surface area contributed by atoms with Gasteiger partial charge in [0.1, 0.15) is 18.3 Å². The summed E-state index contributed by atoms with van der Waals surface area (Å²) in [5.41, 5.74) is 2.58. The summed E-state index contributed by atoms with van der Waals surface area (Å²) >= 11 is 12.6. The van der Waals surface area contributed by atoms with Gasteiger partial charge in [-0.3, -0.25) is 13.9 Å². The fraction of sp³-hybridized carbons (Fsp3) is 0.212. The van der Waals surface area contributed by atoms with E-state index in [9.17, 15) is 18.0 Å². The van der Waals surface area contributed by atoms with Gasteiger partial charge in [0, 0.05) is 30.1 Å². The van der Waals surface area contributed by atoms with Crippen LogP contribution in [0, 0.1) is 6.92 Å². The standard InChI is InChI=1S/C33H33Cl2N3O5S/c1-23-9-13-27(14-10-23)38(44(41,42)29-17-15-28(43-3)16-18-29)22-32(39)37(21-25-11-12-26(34)20-30(25)35)31(33(40)36-2)19-24-7-5-4-6-8-24/h4-18,20,31H,19,21-22H2,1-3H3,(H,36,40)/t31-/m1/s1. The van der Waals surface area contributed by atoms with E-state index in [1.54, 1.807) is 54.6 Å². The van der Waals surface area contributed by atoms with Crippen molar-refractivity contribution in [2.75, 3.05) is 25.0 Å². The summed E-state index contributed by atoms with van der Waals surface area (Å²) in [5.74, 6) is -0.521. The van der Waals surface area contributed by atoms with Crippen LogP contribution in [0.3, 0.4) is 0 Å². The number of amides is 2. The van der Waals surface area contributed by atoms with Gasteiger partial charge in [0.2, 0.25) is 11.8 Å². The fourth-order valence-electron chi connectivity index (χ4n) is 4.67. The molecule has 0 fully saturated rings. The summed E-state index contributed by atoms with van der Waals surface area (Å²) in [4.78, 5) is 29.1. The van der Waals surface area contributed by atoms with Crippen LogP contribution < -0.4 is 14.4 Å². The average molecular weight is 655 g/mol. The minimum Gasteiger partial charge on any atom is -0.497 e. The first-order valence-corrected chi connectivity index (χ1v) is 16.0. The molecule has 0 heterocycles. The molecule has 0 bridgehead atoms. The molecule has 4 aromatic rings. The Bertz CT molecular complexity index is 1700. The first-order chi connectivity index (χ1) is 21.0. The van der Waals surface area contributed by atoms with E-state index in [4.69, 9.17) is 27.9 Å². The van der Waals surface area contributed by atoms with Gasteiger partial charge >= 0.3 is 0 Å². The molecular weight excluding hydrogens is 621 g/mol. The molecule has 0 aromatic heterocycles. The van der Waals surface area contributed by atoms with Crippen molar-refractivity contribution >= 4 is 50.7 Å². The predicted molar refractivity (Wildman–Crippen MR) is 174 cm³/mol. The number of carbonyl (C=O) groups excluding carboxylic acids is 2. The van der Waals surface area contributed by atoms with E-state index < -0.39 is 34.4 Å². The number of hydrogen-bond donors (Lipinski definition) is 1. The molecule has 0 saturated carbocycles. The number of rotatable bonds is 12. The highest BCUT2D eigenvalue weighted by Gasteiger charge is 2.34. The van der Waals surface area contributed by atoms with Crippen LogP contribution in [0.4, 0.5) is 5.69 Å². The lowest BCUT2D eigenvalue weighted by Gasteiger charge is -2.33. The van der Waals surface area contributed by atoms with Crippen molar-refractivity contribution in [3.8, 4) is 5.75 Å². The van der Waals surface area contributed by atoms with E-state index in [2.05, 4.69) is 5.32 Å². The lowest BCUT2D eigenvalue weighted by Crippen LogP contribution is -2.53. The zero-order valence-electron chi connectivity index (χ0n) is 24.5. The zero-order chi connectivity index (χ0) is 31.9. The molecule has 0 saturated heterocycles. The number of aryl methyl sites for hydroxylation is 1. The molecule has 44 heavy (non-hydrogen) atoms.